The largest absolute Gasteiger partial charge is 0.481 e. The number of benzene rings is 1. The number of aliphatic carboxylic acids is 1. The molecule has 2 aromatic rings. The van der Waals surface area contributed by atoms with Crippen molar-refractivity contribution < 1.29 is 9.90 Å². The summed E-state index contributed by atoms with van der Waals surface area (Å²) < 4.78 is 1.90. The molecule has 0 bridgehead atoms. The van der Waals surface area contributed by atoms with E-state index in [1.54, 1.807) is 0 Å². The summed E-state index contributed by atoms with van der Waals surface area (Å²) in [6, 6.07) is 8.40. The summed E-state index contributed by atoms with van der Waals surface area (Å²) in [7, 11) is 0. The Balaban J connectivity index is 2.33. The van der Waals surface area contributed by atoms with Crippen LogP contribution in [0.1, 0.15) is 49.7 Å². The molecule has 0 unspecified atom stereocenters. The van der Waals surface area contributed by atoms with Crippen LogP contribution >= 0.6 is 0 Å². The molecule has 1 aromatic heterocycles. The van der Waals surface area contributed by atoms with Crippen molar-refractivity contribution in [1.82, 2.24) is 9.78 Å². The lowest BCUT2D eigenvalue weighted by Crippen LogP contribution is -2.11. The van der Waals surface area contributed by atoms with Crippen LogP contribution in [0.15, 0.2) is 24.3 Å². The predicted octanol–water partition coefficient (Wildman–Crippen LogP) is 3.80. The fourth-order valence-corrected chi connectivity index (χ4v) is 2.62. The van der Waals surface area contributed by atoms with Gasteiger partial charge in [-0.15, -0.1) is 0 Å². The van der Waals surface area contributed by atoms with E-state index in [0.717, 1.165) is 22.6 Å². The zero-order valence-electron chi connectivity index (χ0n) is 14.0. The summed E-state index contributed by atoms with van der Waals surface area (Å²) in [5, 5.41) is 13.4. The molecule has 0 amide bonds. The molecule has 0 aliphatic heterocycles. The number of rotatable bonds is 4. The van der Waals surface area contributed by atoms with Crippen molar-refractivity contribution in [3.8, 4) is 5.69 Å². The molecule has 0 radical (unpaired) electrons. The highest BCUT2D eigenvalue weighted by atomic mass is 16.4. The molecule has 0 atom stereocenters. The number of carboxylic acids is 1. The van der Waals surface area contributed by atoms with Crippen LogP contribution in [-0.4, -0.2) is 20.9 Å². The van der Waals surface area contributed by atoms with Crippen LogP contribution in [0.25, 0.3) is 5.69 Å². The standard InChI is InChI=1S/C18H24N2O2/c1-12-16(10-11-17(21)22)13(2)20(19-12)15-8-6-14(7-9-15)18(3,4)5/h6-9H,10-11H2,1-5H3,(H,21,22). The molecule has 1 N–H and O–H groups in total. The number of carbonyl (C=O) groups is 1. The van der Waals surface area contributed by atoms with E-state index in [0.29, 0.717) is 6.42 Å². The highest BCUT2D eigenvalue weighted by Gasteiger charge is 2.16. The number of aromatic nitrogens is 2. The van der Waals surface area contributed by atoms with E-state index in [4.69, 9.17) is 5.11 Å². The van der Waals surface area contributed by atoms with E-state index in [1.165, 1.54) is 5.56 Å². The molecule has 0 aliphatic rings. The molecule has 1 heterocycles. The molecule has 0 spiro atoms. The smallest absolute Gasteiger partial charge is 0.303 e. The van der Waals surface area contributed by atoms with Crippen LogP contribution in [0.3, 0.4) is 0 Å². The first-order chi connectivity index (χ1) is 10.2. The minimum atomic E-state index is -0.777. The molecule has 118 valence electrons. The fraction of sp³-hybridized carbons (Fsp3) is 0.444. The van der Waals surface area contributed by atoms with Crippen molar-refractivity contribution in [2.75, 3.05) is 0 Å². The predicted molar refractivity (Wildman–Crippen MR) is 87.7 cm³/mol. The number of nitrogens with zero attached hydrogens (tertiary/aromatic N) is 2. The van der Waals surface area contributed by atoms with Gasteiger partial charge in [-0.2, -0.15) is 5.10 Å². The average molecular weight is 300 g/mol. The second-order valence-electron chi connectivity index (χ2n) is 6.75. The summed E-state index contributed by atoms with van der Waals surface area (Å²) in [6.45, 7) is 10.5. The zero-order chi connectivity index (χ0) is 16.5. The third kappa shape index (κ3) is 3.38. The molecule has 0 fully saturated rings. The first-order valence-corrected chi connectivity index (χ1v) is 7.58. The lowest BCUT2D eigenvalue weighted by atomic mass is 9.87. The molecule has 2 rings (SSSR count). The van der Waals surface area contributed by atoms with E-state index in [1.807, 2.05) is 18.5 Å². The molecule has 22 heavy (non-hydrogen) atoms. The highest BCUT2D eigenvalue weighted by Crippen LogP contribution is 2.24. The third-order valence-electron chi connectivity index (χ3n) is 4.01. The van der Waals surface area contributed by atoms with Gasteiger partial charge in [0.15, 0.2) is 0 Å². The van der Waals surface area contributed by atoms with Crippen LogP contribution in [0, 0.1) is 13.8 Å². The maximum absolute atomic E-state index is 10.8. The van der Waals surface area contributed by atoms with Gasteiger partial charge >= 0.3 is 5.97 Å². The Morgan fingerprint density at radius 3 is 2.27 bits per heavy atom. The molecule has 4 heteroatoms. The van der Waals surface area contributed by atoms with Gasteiger partial charge in [0.05, 0.1) is 11.4 Å². The van der Waals surface area contributed by atoms with Gasteiger partial charge in [0.25, 0.3) is 0 Å². The SMILES string of the molecule is Cc1nn(-c2ccc(C(C)(C)C)cc2)c(C)c1CCC(=O)O. The van der Waals surface area contributed by atoms with Crippen molar-refractivity contribution in [3.63, 3.8) is 0 Å². The van der Waals surface area contributed by atoms with E-state index >= 15 is 0 Å². The summed E-state index contributed by atoms with van der Waals surface area (Å²) >= 11 is 0. The quantitative estimate of drug-likeness (QED) is 0.934. The van der Waals surface area contributed by atoms with Gasteiger partial charge in [0.1, 0.15) is 0 Å². The Morgan fingerprint density at radius 2 is 1.77 bits per heavy atom. The van der Waals surface area contributed by atoms with Crippen LogP contribution in [0.5, 0.6) is 0 Å². The Morgan fingerprint density at radius 1 is 1.18 bits per heavy atom. The van der Waals surface area contributed by atoms with Crippen molar-refractivity contribution in [3.05, 3.63) is 46.8 Å². The van der Waals surface area contributed by atoms with Gasteiger partial charge in [-0.05, 0) is 48.9 Å². The lowest BCUT2D eigenvalue weighted by molar-refractivity contribution is -0.136. The summed E-state index contributed by atoms with van der Waals surface area (Å²) in [4.78, 5) is 10.8. The second kappa shape index (κ2) is 5.95. The summed E-state index contributed by atoms with van der Waals surface area (Å²) in [5.41, 5.74) is 5.36. The molecule has 0 saturated heterocycles. The highest BCUT2D eigenvalue weighted by molar-refractivity contribution is 5.67. The number of carboxylic acid groups (broad SMARTS) is 1. The molecule has 4 nitrogen and oxygen atoms in total. The second-order valence-corrected chi connectivity index (χ2v) is 6.75. The van der Waals surface area contributed by atoms with Gasteiger partial charge in [-0.3, -0.25) is 4.79 Å². The molecule has 0 aliphatic carbocycles. The van der Waals surface area contributed by atoms with Crippen molar-refractivity contribution in [2.24, 2.45) is 0 Å². The van der Waals surface area contributed by atoms with E-state index in [2.05, 4.69) is 50.1 Å². The Hall–Kier alpha value is -2.10. The van der Waals surface area contributed by atoms with Gasteiger partial charge in [-0.1, -0.05) is 32.9 Å². The van der Waals surface area contributed by atoms with Gasteiger partial charge in [-0.25, -0.2) is 4.68 Å². The average Bonchev–Trinajstić information content (AvgIpc) is 2.71. The van der Waals surface area contributed by atoms with Gasteiger partial charge in [0, 0.05) is 12.1 Å². The van der Waals surface area contributed by atoms with Gasteiger partial charge in [0.2, 0.25) is 0 Å². The van der Waals surface area contributed by atoms with Crippen molar-refractivity contribution in [1.29, 1.82) is 0 Å². The topological polar surface area (TPSA) is 55.1 Å². The van der Waals surface area contributed by atoms with Crippen molar-refractivity contribution in [2.45, 2.75) is 52.9 Å². The van der Waals surface area contributed by atoms with Crippen LogP contribution in [0.2, 0.25) is 0 Å². The van der Waals surface area contributed by atoms with Crippen molar-refractivity contribution >= 4 is 5.97 Å². The first kappa shape index (κ1) is 16.3. The first-order valence-electron chi connectivity index (χ1n) is 7.58. The Kier molecular flexibility index (Phi) is 4.40. The van der Waals surface area contributed by atoms with Gasteiger partial charge < -0.3 is 5.11 Å². The van der Waals surface area contributed by atoms with E-state index in [9.17, 15) is 4.79 Å². The monoisotopic (exact) mass is 300 g/mol. The normalized spacial score (nSPS) is 11.7. The zero-order valence-corrected chi connectivity index (χ0v) is 14.0. The maximum Gasteiger partial charge on any atom is 0.303 e. The minimum absolute atomic E-state index is 0.125. The summed E-state index contributed by atoms with van der Waals surface area (Å²) in [5.74, 6) is -0.777. The number of hydrogen-bond acceptors (Lipinski definition) is 2. The third-order valence-corrected chi connectivity index (χ3v) is 4.01. The molecular weight excluding hydrogens is 276 g/mol. The Labute approximate surface area is 131 Å². The number of hydrogen-bond donors (Lipinski definition) is 1. The minimum Gasteiger partial charge on any atom is -0.481 e. The molecular formula is C18H24N2O2. The van der Waals surface area contributed by atoms with Crippen LogP contribution in [-0.2, 0) is 16.6 Å². The maximum atomic E-state index is 10.8. The van der Waals surface area contributed by atoms with Crippen LogP contribution < -0.4 is 0 Å². The fourth-order valence-electron chi connectivity index (χ4n) is 2.62. The molecule has 1 aromatic carbocycles. The molecule has 0 saturated carbocycles. The van der Waals surface area contributed by atoms with E-state index < -0.39 is 5.97 Å². The number of aryl methyl sites for hydroxylation is 1. The Bertz CT molecular complexity index is 676. The van der Waals surface area contributed by atoms with E-state index in [-0.39, 0.29) is 11.8 Å². The van der Waals surface area contributed by atoms with Crippen LogP contribution in [0.4, 0.5) is 0 Å². The lowest BCUT2D eigenvalue weighted by Gasteiger charge is -2.19. The summed E-state index contributed by atoms with van der Waals surface area (Å²) in [6.07, 6.45) is 0.656.